The van der Waals surface area contributed by atoms with E-state index in [4.69, 9.17) is 5.11 Å². The molecule has 1 aliphatic heterocycles. The Labute approximate surface area is 151 Å². The number of aliphatic hydroxyl groups excluding tert-OH is 1. The first kappa shape index (κ1) is 19.6. The Morgan fingerprint density at radius 3 is 2.42 bits per heavy atom. The molecule has 2 rings (SSSR count). The zero-order valence-corrected chi connectivity index (χ0v) is 14.8. The molecule has 0 aliphatic carbocycles. The molecule has 0 radical (unpaired) electrons. The number of benzene rings is 1. The molecule has 1 fully saturated rings. The number of carbonyl (C=O) groups is 4. The van der Waals surface area contributed by atoms with Crippen LogP contribution in [-0.2, 0) is 24.6 Å². The third kappa shape index (κ3) is 4.26. The number of hydrogen-bond donors (Lipinski definition) is 4. The number of anilines is 1. The molecule has 140 valence electrons. The summed E-state index contributed by atoms with van der Waals surface area (Å²) in [6, 6.07) is 6.64. The molecule has 0 unspecified atom stereocenters. The van der Waals surface area contributed by atoms with Crippen molar-refractivity contribution in [3.05, 3.63) is 29.8 Å². The maximum absolute atomic E-state index is 12.4. The quantitative estimate of drug-likeness (QED) is 0.441. The van der Waals surface area contributed by atoms with Crippen LogP contribution in [0.4, 0.5) is 5.69 Å². The van der Waals surface area contributed by atoms with Gasteiger partial charge >= 0.3 is 11.8 Å². The average Bonchev–Trinajstić information content (AvgIpc) is 2.61. The number of nitrogens with one attached hydrogen (secondary N) is 3. The summed E-state index contributed by atoms with van der Waals surface area (Å²) >= 11 is 0. The molecule has 4 amide bonds. The van der Waals surface area contributed by atoms with Gasteiger partial charge in [0.2, 0.25) is 11.8 Å². The third-order valence-electron chi connectivity index (χ3n) is 4.53. The summed E-state index contributed by atoms with van der Waals surface area (Å²) in [6.07, 6.45) is 0.507. The van der Waals surface area contributed by atoms with Crippen LogP contribution in [0, 0.1) is 0 Å². The number of amides is 4. The number of piperidine rings is 1. The van der Waals surface area contributed by atoms with Crippen LogP contribution in [0.3, 0.4) is 0 Å². The van der Waals surface area contributed by atoms with Gasteiger partial charge < -0.3 is 15.7 Å². The highest BCUT2D eigenvalue weighted by Gasteiger charge is 2.42. The minimum Gasteiger partial charge on any atom is -0.392 e. The highest BCUT2D eigenvalue weighted by Crippen LogP contribution is 2.36. The van der Waals surface area contributed by atoms with Gasteiger partial charge in [-0.1, -0.05) is 19.1 Å². The molecule has 0 bridgehead atoms. The van der Waals surface area contributed by atoms with Gasteiger partial charge in [-0.25, -0.2) is 0 Å². The van der Waals surface area contributed by atoms with Crippen molar-refractivity contribution in [2.45, 2.75) is 44.6 Å². The van der Waals surface area contributed by atoms with E-state index in [1.54, 1.807) is 24.3 Å². The first-order valence-electron chi connectivity index (χ1n) is 8.50. The van der Waals surface area contributed by atoms with E-state index in [-0.39, 0.29) is 24.8 Å². The van der Waals surface area contributed by atoms with Crippen molar-refractivity contribution < 1.29 is 24.3 Å². The van der Waals surface area contributed by atoms with E-state index in [1.165, 1.54) is 6.92 Å². The predicted octanol–water partition coefficient (Wildman–Crippen LogP) is 0.206. The van der Waals surface area contributed by atoms with Gasteiger partial charge in [-0.05, 0) is 37.5 Å². The van der Waals surface area contributed by atoms with Crippen LogP contribution in [0.5, 0.6) is 0 Å². The molecular formula is C18H23N3O5. The van der Waals surface area contributed by atoms with Crippen molar-refractivity contribution in [3.63, 3.8) is 0 Å². The second kappa shape index (κ2) is 8.09. The molecule has 0 saturated carbocycles. The Morgan fingerprint density at radius 2 is 1.88 bits per heavy atom. The van der Waals surface area contributed by atoms with E-state index in [0.29, 0.717) is 18.5 Å². The molecule has 4 N–H and O–H groups in total. The van der Waals surface area contributed by atoms with Crippen LogP contribution >= 0.6 is 0 Å². The monoisotopic (exact) mass is 361 g/mol. The lowest BCUT2D eigenvalue weighted by molar-refractivity contribution is -0.138. The first-order chi connectivity index (χ1) is 12.3. The normalized spacial score (nSPS) is 20.9. The molecule has 1 aliphatic rings. The zero-order valence-electron chi connectivity index (χ0n) is 14.8. The second-order valence-electron chi connectivity index (χ2n) is 6.40. The van der Waals surface area contributed by atoms with E-state index >= 15 is 0 Å². The maximum atomic E-state index is 12.4. The first-order valence-corrected chi connectivity index (χ1v) is 8.50. The van der Waals surface area contributed by atoms with Gasteiger partial charge in [0, 0.05) is 18.7 Å². The molecule has 0 spiro atoms. The lowest BCUT2D eigenvalue weighted by Crippen LogP contribution is -2.51. The zero-order chi connectivity index (χ0) is 19.3. The van der Waals surface area contributed by atoms with Gasteiger partial charge in [-0.15, -0.1) is 0 Å². The third-order valence-corrected chi connectivity index (χ3v) is 4.53. The van der Waals surface area contributed by atoms with E-state index in [9.17, 15) is 19.2 Å². The Kier molecular flexibility index (Phi) is 6.10. The Hall–Kier alpha value is -2.74. The molecule has 8 nitrogen and oxygen atoms in total. The van der Waals surface area contributed by atoms with Crippen LogP contribution in [0.25, 0.3) is 0 Å². The average molecular weight is 361 g/mol. The van der Waals surface area contributed by atoms with E-state index in [0.717, 1.165) is 5.56 Å². The minimum absolute atomic E-state index is 0.0158. The molecule has 1 saturated heterocycles. The smallest absolute Gasteiger partial charge is 0.313 e. The van der Waals surface area contributed by atoms with Gasteiger partial charge in [0.05, 0.1) is 11.5 Å². The molecule has 2 atom stereocenters. The van der Waals surface area contributed by atoms with Crippen LogP contribution in [0.2, 0.25) is 0 Å². The van der Waals surface area contributed by atoms with Crippen LogP contribution in [0.1, 0.15) is 38.7 Å². The topological polar surface area (TPSA) is 125 Å². The lowest BCUT2D eigenvalue weighted by atomic mass is 9.72. The summed E-state index contributed by atoms with van der Waals surface area (Å²) in [4.78, 5) is 47.2. The summed E-state index contributed by atoms with van der Waals surface area (Å²) in [5.41, 5.74) is 0.386. The summed E-state index contributed by atoms with van der Waals surface area (Å²) in [5.74, 6) is -2.27. The molecule has 1 heterocycles. The number of hydrogen-bond acceptors (Lipinski definition) is 5. The molecular weight excluding hydrogens is 338 g/mol. The van der Waals surface area contributed by atoms with Gasteiger partial charge in [0.15, 0.2) is 0 Å². The van der Waals surface area contributed by atoms with Crippen molar-refractivity contribution in [2.24, 2.45) is 0 Å². The van der Waals surface area contributed by atoms with Crippen molar-refractivity contribution in [3.8, 4) is 0 Å². The molecule has 8 heteroatoms. The van der Waals surface area contributed by atoms with Gasteiger partial charge in [0.1, 0.15) is 0 Å². The number of imide groups is 1. The predicted molar refractivity (Wildman–Crippen MR) is 94.1 cm³/mol. The van der Waals surface area contributed by atoms with Gasteiger partial charge in [-0.3, -0.25) is 24.5 Å². The number of carbonyl (C=O) groups excluding carboxylic acids is 4. The van der Waals surface area contributed by atoms with Crippen molar-refractivity contribution in [2.75, 3.05) is 11.9 Å². The lowest BCUT2D eigenvalue weighted by Gasteiger charge is -2.35. The Balaban J connectivity index is 2.08. The van der Waals surface area contributed by atoms with Crippen LogP contribution in [-0.4, -0.2) is 41.4 Å². The van der Waals surface area contributed by atoms with Gasteiger partial charge in [0.25, 0.3) is 0 Å². The molecule has 0 aromatic heterocycles. The standard InChI is InChI=1S/C18H23N3O5/c1-3-18(9-8-14(23)21-17(18)26)12-4-6-13(7-5-12)20-16(25)15(24)19-10-11(2)22/h4-7,11,22H,3,8-10H2,1-2H3,(H,19,24)(H,20,25)(H,21,23,26)/t11-,18+/m1/s1. The molecule has 1 aromatic carbocycles. The largest absolute Gasteiger partial charge is 0.392 e. The highest BCUT2D eigenvalue weighted by atomic mass is 16.3. The maximum Gasteiger partial charge on any atom is 0.313 e. The summed E-state index contributed by atoms with van der Waals surface area (Å²) in [5, 5.41) is 16.3. The summed E-state index contributed by atoms with van der Waals surface area (Å²) in [6.45, 7) is 3.37. The fourth-order valence-electron chi connectivity index (χ4n) is 2.95. The Bertz CT molecular complexity index is 714. The van der Waals surface area contributed by atoms with E-state index in [2.05, 4.69) is 16.0 Å². The minimum atomic E-state index is -0.843. The second-order valence-corrected chi connectivity index (χ2v) is 6.40. The molecule has 1 aromatic rings. The number of aliphatic hydroxyl groups is 1. The van der Waals surface area contributed by atoms with E-state index < -0.39 is 23.3 Å². The van der Waals surface area contributed by atoms with Crippen molar-refractivity contribution in [1.82, 2.24) is 10.6 Å². The van der Waals surface area contributed by atoms with Crippen LogP contribution < -0.4 is 16.0 Å². The van der Waals surface area contributed by atoms with Crippen LogP contribution in [0.15, 0.2) is 24.3 Å². The fraction of sp³-hybridized carbons (Fsp3) is 0.444. The Morgan fingerprint density at radius 1 is 1.23 bits per heavy atom. The summed E-state index contributed by atoms with van der Waals surface area (Å²) in [7, 11) is 0. The van der Waals surface area contributed by atoms with Gasteiger partial charge in [-0.2, -0.15) is 0 Å². The number of rotatable bonds is 5. The van der Waals surface area contributed by atoms with Crippen molar-refractivity contribution in [1.29, 1.82) is 0 Å². The fourth-order valence-corrected chi connectivity index (χ4v) is 2.95. The highest BCUT2D eigenvalue weighted by molar-refractivity contribution is 6.39. The van der Waals surface area contributed by atoms with E-state index in [1.807, 2.05) is 6.92 Å². The SMILES string of the molecule is CC[C@@]1(c2ccc(NC(=O)C(=O)NC[C@@H](C)O)cc2)CCC(=O)NC1=O. The molecule has 26 heavy (non-hydrogen) atoms. The summed E-state index contributed by atoms with van der Waals surface area (Å²) < 4.78 is 0. The van der Waals surface area contributed by atoms with Crippen molar-refractivity contribution >= 4 is 29.3 Å².